The van der Waals surface area contributed by atoms with Gasteiger partial charge in [0.1, 0.15) is 11.4 Å². The van der Waals surface area contributed by atoms with E-state index in [-0.39, 0.29) is 11.5 Å². The quantitative estimate of drug-likeness (QED) is 0.703. The number of benzene rings is 2. The van der Waals surface area contributed by atoms with E-state index in [1.54, 1.807) is 42.9 Å². The Morgan fingerprint density at radius 3 is 2.79 bits per heavy atom. The minimum atomic E-state index is -0.360. The first kappa shape index (κ1) is 16.9. The first-order chi connectivity index (χ1) is 13.7. The minimum Gasteiger partial charge on any atom is -0.438 e. The van der Waals surface area contributed by atoms with Gasteiger partial charge in [0, 0.05) is 24.5 Å². The number of hydrogen-bond acceptors (Lipinski definition) is 5. The molecule has 3 aromatic rings. The van der Waals surface area contributed by atoms with Crippen molar-refractivity contribution < 1.29 is 14.3 Å². The maximum absolute atomic E-state index is 13.0. The van der Waals surface area contributed by atoms with Gasteiger partial charge in [-0.3, -0.25) is 9.78 Å². The molecule has 2 aliphatic rings. The molecule has 28 heavy (non-hydrogen) atoms. The molecule has 0 saturated carbocycles. The summed E-state index contributed by atoms with van der Waals surface area (Å²) >= 11 is 0. The van der Waals surface area contributed by atoms with E-state index < -0.39 is 0 Å². The number of aromatic nitrogens is 2. The van der Waals surface area contributed by atoms with Gasteiger partial charge in [0.2, 0.25) is 5.88 Å². The molecule has 1 spiro atoms. The highest BCUT2D eigenvalue weighted by atomic mass is 16.5. The van der Waals surface area contributed by atoms with E-state index in [9.17, 15) is 4.79 Å². The zero-order chi connectivity index (χ0) is 19.0. The fraction of sp³-hybridized carbons (Fsp3) is 0.227. The number of fused-ring (bicyclic) bond motifs is 2. The molecule has 1 saturated heterocycles. The Labute approximate surface area is 162 Å². The molecule has 1 atom stereocenters. The number of rotatable bonds is 3. The summed E-state index contributed by atoms with van der Waals surface area (Å²) < 4.78 is 11.8. The summed E-state index contributed by atoms with van der Waals surface area (Å²) in [5, 5.41) is 0. The summed E-state index contributed by atoms with van der Waals surface area (Å²) in [5.41, 5.74) is 2.72. The Hall–Kier alpha value is -3.25. The van der Waals surface area contributed by atoms with Crippen LogP contribution in [-0.4, -0.2) is 33.9 Å². The summed E-state index contributed by atoms with van der Waals surface area (Å²) in [4.78, 5) is 22.9. The summed E-state index contributed by atoms with van der Waals surface area (Å²) in [6.07, 6.45) is 5.52. The molecule has 5 rings (SSSR count). The lowest BCUT2D eigenvalue weighted by Gasteiger charge is -2.24. The van der Waals surface area contributed by atoms with Crippen LogP contribution in [0.1, 0.15) is 27.9 Å². The largest absolute Gasteiger partial charge is 0.438 e. The lowest BCUT2D eigenvalue weighted by molar-refractivity contribution is -0.0282. The normalized spacial score (nSPS) is 20.4. The van der Waals surface area contributed by atoms with Crippen molar-refractivity contribution in [3.05, 3.63) is 83.8 Å². The molecule has 0 unspecified atom stereocenters. The Kier molecular flexibility index (Phi) is 4.06. The first-order valence-corrected chi connectivity index (χ1v) is 9.29. The van der Waals surface area contributed by atoms with Gasteiger partial charge in [0.25, 0.3) is 5.91 Å². The van der Waals surface area contributed by atoms with Gasteiger partial charge in [-0.1, -0.05) is 24.3 Å². The molecular weight excluding hydrogens is 354 g/mol. The SMILES string of the molecule is O=C(c1ccc(Oc2cnccn2)cc1)N1CC[C@@]2(C1)OCc1ccccc12. The number of hydrogen-bond donors (Lipinski definition) is 0. The van der Waals surface area contributed by atoms with Crippen molar-refractivity contribution in [2.75, 3.05) is 13.1 Å². The average Bonchev–Trinajstić information content (AvgIpc) is 3.34. The third-order valence-electron chi connectivity index (χ3n) is 5.39. The lowest BCUT2D eigenvalue weighted by atomic mass is 9.92. The van der Waals surface area contributed by atoms with E-state index in [0.717, 1.165) is 6.42 Å². The molecule has 3 heterocycles. The number of carbonyl (C=O) groups is 1. The number of amides is 1. The predicted molar refractivity (Wildman–Crippen MR) is 102 cm³/mol. The monoisotopic (exact) mass is 373 g/mol. The maximum Gasteiger partial charge on any atom is 0.253 e. The fourth-order valence-corrected chi connectivity index (χ4v) is 3.98. The standard InChI is InChI=1S/C22H19N3O3/c26-21(16-5-7-18(8-6-16)28-20-13-23-10-11-24-20)25-12-9-22(15-25)19-4-2-1-3-17(19)14-27-22/h1-8,10-11,13H,9,12,14-15H2/t22-/m0/s1. The number of nitrogens with zero attached hydrogens (tertiary/aromatic N) is 3. The highest BCUT2D eigenvalue weighted by molar-refractivity contribution is 5.94. The minimum absolute atomic E-state index is 0.0101. The molecular formula is C22H19N3O3. The van der Waals surface area contributed by atoms with Gasteiger partial charge in [0.15, 0.2) is 0 Å². The van der Waals surface area contributed by atoms with E-state index >= 15 is 0 Å². The molecule has 6 nitrogen and oxygen atoms in total. The summed E-state index contributed by atoms with van der Waals surface area (Å²) in [7, 11) is 0. The smallest absolute Gasteiger partial charge is 0.253 e. The molecule has 6 heteroatoms. The van der Waals surface area contributed by atoms with Crippen LogP contribution >= 0.6 is 0 Å². The van der Waals surface area contributed by atoms with Crippen molar-refractivity contribution in [3.8, 4) is 11.6 Å². The van der Waals surface area contributed by atoms with Crippen molar-refractivity contribution >= 4 is 5.91 Å². The Morgan fingerprint density at radius 1 is 1.11 bits per heavy atom. The summed E-state index contributed by atoms with van der Waals surface area (Å²) in [6, 6.07) is 15.4. The van der Waals surface area contributed by atoms with Gasteiger partial charge in [0.05, 0.1) is 19.3 Å². The third kappa shape index (κ3) is 2.92. The Bertz CT molecular complexity index is 1010. The highest BCUT2D eigenvalue weighted by Crippen LogP contribution is 2.43. The maximum atomic E-state index is 13.0. The van der Waals surface area contributed by atoms with Gasteiger partial charge < -0.3 is 14.4 Å². The van der Waals surface area contributed by atoms with Crippen LogP contribution in [0.2, 0.25) is 0 Å². The van der Waals surface area contributed by atoms with Gasteiger partial charge in [-0.2, -0.15) is 0 Å². The van der Waals surface area contributed by atoms with Crippen molar-refractivity contribution in [1.82, 2.24) is 14.9 Å². The number of likely N-dealkylation sites (tertiary alicyclic amines) is 1. The van der Waals surface area contributed by atoms with Crippen LogP contribution in [0.3, 0.4) is 0 Å². The Morgan fingerprint density at radius 2 is 1.96 bits per heavy atom. The van der Waals surface area contributed by atoms with Gasteiger partial charge in [-0.25, -0.2) is 4.98 Å². The number of ether oxygens (including phenoxy) is 2. The van der Waals surface area contributed by atoms with Crippen molar-refractivity contribution in [2.24, 2.45) is 0 Å². The Balaban J connectivity index is 1.30. The summed E-state index contributed by atoms with van der Waals surface area (Å²) in [6.45, 7) is 1.89. The predicted octanol–water partition coefficient (Wildman–Crippen LogP) is 3.54. The molecule has 0 radical (unpaired) electrons. The molecule has 1 aromatic heterocycles. The van der Waals surface area contributed by atoms with E-state index in [1.165, 1.54) is 11.1 Å². The van der Waals surface area contributed by atoms with E-state index in [2.05, 4.69) is 22.1 Å². The lowest BCUT2D eigenvalue weighted by Crippen LogP contribution is -2.34. The molecule has 0 N–H and O–H groups in total. The van der Waals surface area contributed by atoms with Crippen molar-refractivity contribution in [3.63, 3.8) is 0 Å². The van der Waals surface area contributed by atoms with Crippen molar-refractivity contribution in [2.45, 2.75) is 18.6 Å². The summed E-state index contributed by atoms with van der Waals surface area (Å²) in [5.74, 6) is 1.04. The van der Waals surface area contributed by atoms with Crippen LogP contribution in [0.5, 0.6) is 11.6 Å². The second kappa shape index (κ2) is 6.73. The van der Waals surface area contributed by atoms with E-state index in [0.29, 0.717) is 36.9 Å². The molecule has 2 aliphatic heterocycles. The number of carbonyl (C=O) groups excluding carboxylic acids is 1. The molecule has 0 aliphatic carbocycles. The van der Waals surface area contributed by atoms with Crippen LogP contribution in [0.25, 0.3) is 0 Å². The second-order valence-electron chi connectivity index (χ2n) is 7.09. The third-order valence-corrected chi connectivity index (χ3v) is 5.39. The van der Waals surface area contributed by atoms with Crippen LogP contribution < -0.4 is 4.74 Å². The van der Waals surface area contributed by atoms with E-state index in [1.807, 2.05) is 17.0 Å². The van der Waals surface area contributed by atoms with Crippen LogP contribution in [0, 0.1) is 0 Å². The average molecular weight is 373 g/mol. The van der Waals surface area contributed by atoms with Crippen LogP contribution in [0.15, 0.2) is 67.1 Å². The highest BCUT2D eigenvalue weighted by Gasteiger charge is 2.46. The molecule has 2 aromatic carbocycles. The van der Waals surface area contributed by atoms with E-state index in [4.69, 9.17) is 9.47 Å². The second-order valence-corrected chi connectivity index (χ2v) is 7.09. The molecule has 0 bridgehead atoms. The fourth-order valence-electron chi connectivity index (χ4n) is 3.98. The molecule has 140 valence electrons. The molecule has 1 amide bonds. The molecule has 1 fully saturated rings. The topological polar surface area (TPSA) is 64.5 Å². The zero-order valence-electron chi connectivity index (χ0n) is 15.2. The van der Waals surface area contributed by atoms with Gasteiger partial charge in [-0.15, -0.1) is 0 Å². The van der Waals surface area contributed by atoms with Crippen molar-refractivity contribution in [1.29, 1.82) is 0 Å². The van der Waals surface area contributed by atoms with Crippen LogP contribution in [-0.2, 0) is 16.9 Å². The first-order valence-electron chi connectivity index (χ1n) is 9.29. The van der Waals surface area contributed by atoms with Gasteiger partial charge >= 0.3 is 0 Å². The van der Waals surface area contributed by atoms with Crippen LogP contribution in [0.4, 0.5) is 0 Å². The van der Waals surface area contributed by atoms with Gasteiger partial charge in [-0.05, 0) is 41.8 Å². The zero-order valence-corrected chi connectivity index (χ0v) is 15.2.